The highest BCUT2D eigenvalue weighted by Gasteiger charge is 2.20. The Labute approximate surface area is 200 Å². The number of thioether (sulfide) groups is 1. The Bertz CT molecular complexity index is 1220. The Morgan fingerprint density at radius 1 is 0.971 bits per heavy atom. The summed E-state index contributed by atoms with van der Waals surface area (Å²) in [5.41, 5.74) is 1.57. The molecule has 0 unspecified atom stereocenters. The van der Waals surface area contributed by atoms with Crippen LogP contribution < -0.4 is 9.64 Å². The Hall–Kier alpha value is -4.18. The molecule has 1 aromatic heterocycles. The van der Waals surface area contributed by atoms with Gasteiger partial charge in [-0.3, -0.25) is 19.8 Å². The normalized spacial score (nSPS) is 10.6. The summed E-state index contributed by atoms with van der Waals surface area (Å²) in [6, 6.07) is 24.8. The van der Waals surface area contributed by atoms with Crippen molar-refractivity contribution < 1.29 is 14.5 Å². The minimum Gasteiger partial charge on any atom is -0.486 e. The molecule has 10 heteroatoms. The molecule has 0 fully saturated rings. The van der Waals surface area contributed by atoms with Gasteiger partial charge in [-0.1, -0.05) is 48.2 Å². The molecular weight excluding hydrogens is 454 g/mol. The van der Waals surface area contributed by atoms with Gasteiger partial charge >= 0.3 is 0 Å². The summed E-state index contributed by atoms with van der Waals surface area (Å²) in [5, 5.41) is 19.7. The van der Waals surface area contributed by atoms with Crippen molar-refractivity contribution in [1.82, 2.24) is 14.8 Å². The molecule has 0 bridgehead atoms. The predicted molar refractivity (Wildman–Crippen MR) is 129 cm³/mol. The molecule has 0 atom stereocenters. The fourth-order valence-electron chi connectivity index (χ4n) is 3.19. The van der Waals surface area contributed by atoms with Gasteiger partial charge in [-0.05, 0) is 36.4 Å². The molecule has 0 N–H and O–H groups in total. The number of hydrogen-bond acceptors (Lipinski definition) is 7. The van der Waals surface area contributed by atoms with Gasteiger partial charge in [-0.25, -0.2) is 0 Å². The molecule has 0 spiro atoms. The van der Waals surface area contributed by atoms with Crippen molar-refractivity contribution in [3.63, 3.8) is 0 Å². The lowest BCUT2D eigenvalue weighted by Gasteiger charge is -2.22. The third-order valence-electron chi connectivity index (χ3n) is 4.94. The minimum atomic E-state index is -0.464. The van der Waals surface area contributed by atoms with E-state index in [9.17, 15) is 14.9 Å². The number of carbonyl (C=O) groups is 1. The van der Waals surface area contributed by atoms with E-state index < -0.39 is 4.92 Å². The summed E-state index contributed by atoms with van der Waals surface area (Å²) in [6.45, 7) is 0.135. The number of ether oxygens (including phenoxy) is 1. The summed E-state index contributed by atoms with van der Waals surface area (Å²) in [5.74, 6) is 1.13. The van der Waals surface area contributed by atoms with Crippen molar-refractivity contribution in [3.8, 4) is 5.75 Å². The SMILES string of the molecule is Cn1c(COc2ccc([N+](=O)[O-])cc2)nnc1SCC(=O)N(c1ccccc1)c1ccccc1. The average Bonchev–Trinajstić information content (AvgIpc) is 3.22. The lowest BCUT2D eigenvalue weighted by Crippen LogP contribution is -2.27. The molecule has 3 aromatic carbocycles. The third kappa shape index (κ3) is 5.41. The summed E-state index contributed by atoms with van der Waals surface area (Å²) < 4.78 is 7.43. The van der Waals surface area contributed by atoms with E-state index in [1.807, 2.05) is 60.7 Å². The fourth-order valence-corrected chi connectivity index (χ4v) is 3.97. The van der Waals surface area contributed by atoms with Crippen LogP contribution in [0.25, 0.3) is 0 Å². The number of anilines is 2. The van der Waals surface area contributed by atoms with Gasteiger partial charge in [0.15, 0.2) is 11.0 Å². The Morgan fingerprint density at radius 3 is 2.12 bits per heavy atom. The molecule has 4 rings (SSSR count). The summed E-state index contributed by atoms with van der Waals surface area (Å²) in [7, 11) is 1.80. The van der Waals surface area contributed by atoms with Crippen LogP contribution in [0.4, 0.5) is 17.1 Å². The largest absolute Gasteiger partial charge is 0.486 e. The Kier molecular flexibility index (Phi) is 7.19. The first kappa shape index (κ1) is 23.0. The first-order valence-electron chi connectivity index (χ1n) is 10.3. The number of non-ortho nitro benzene ring substituents is 1. The molecule has 1 heterocycles. The van der Waals surface area contributed by atoms with Crippen molar-refractivity contribution in [2.45, 2.75) is 11.8 Å². The quantitative estimate of drug-likeness (QED) is 0.195. The van der Waals surface area contributed by atoms with E-state index in [1.54, 1.807) is 16.5 Å². The molecule has 0 saturated carbocycles. The van der Waals surface area contributed by atoms with Crippen molar-refractivity contribution >= 4 is 34.7 Å². The van der Waals surface area contributed by atoms with Crippen LogP contribution in [0.15, 0.2) is 90.1 Å². The zero-order valence-electron chi connectivity index (χ0n) is 18.3. The van der Waals surface area contributed by atoms with Crippen LogP contribution in [0, 0.1) is 10.1 Å². The van der Waals surface area contributed by atoms with E-state index >= 15 is 0 Å². The van der Waals surface area contributed by atoms with Gasteiger partial charge in [0.05, 0.1) is 10.7 Å². The molecule has 0 aliphatic carbocycles. The van der Waals surface area contributed by atoms with Crippen LogP contribution in [0.5, 0.6) is 5.75 Å². The van der Waals surface area contributed by atoms with E-state index in [-0.39, 0.29) is 24.0 Å². The van der Waals surface area contributed by atoms with Crippen molar-refractivity contribution in [2.24, 2.45) is 7.05 Å². The van der Waals surface area contributed by atoms with Crippen molar-refractivity contribution in [2.75, 3.05) is 10.7 Å². The number of amides is 1. The Balaban J connectivity index is 1.41. The monoisotopic (exact) mass is 475 g/mol. The number of nitro groups is 1. The highest BCUT2D eigenvalue weighted by molar-refractivity contribution is 7.99. The first-order chi connectivity index (χ1) is 16.5. The molecule has 0 radical (unpaired) electrons. The number of carbonyl (C=O) groups excluding carboxylic acids is 1. The van der Waals surface area contributed by atoms with E-state index in [2.05, 4.69) is 10.2 Å². The van der Waals surface area contributed by atoms with Crippen LogP contribution in [0.1, 0.15) is 5.82 Å². The molecule has 1 amide bonds. The molecule has 0 aliphatic heterocycles. The number of benzene rings is 3. The first-order valence-corrected chi connectivity index (χ1v) is 11.3. The number of rotatable bonds is 9. The van der Waals surface area contributed by atoms with Gasteiger partial charge in [0.25, 0.3) is 5.69 Å². The third-order valence-corrected chi connectivity index (χ3v) is 5.95. The molecule has 172 valence electrons. The highest BCUT2D eigenvalue weighted by Crippen LogP contribution is 2.27. The van der Waals surface area contributed by atoms with E-state index in [0.29, 0.717) is 16.7 Å². The second-order valence-electron chi connectivity index (χ2n) is 7.19. The zero-order chi connectivity index (χ0) is 23.9. The van der Waals surface area contributed by atoms with Crippen LogP contribution in [-0.2, 0) is 18.4 Å². The number of aromatic nitrogens is 3. The van der Waals surface area contributed by atoms with Crippen LogP contribution in [0.3, 0.4) is 0 Å². The van der Waals surface area contributed by atoms with Gasteiger partial charge in [-0.15, -0.1) is 10.2 Å². The molecule has 0 aliphatic rings. The molecule has 34 heavy (non-hydrogen) atoms. The lowest BCUT2D eigenvalue weighted by atomic mass is 10.2. The Morgan fingerprint density at radius 2 is 1.56 bits per heavy atom. The number of hydrogen-bond donors (Lipinski definition) is 0. The highest BCUT2D eigenvalue weighted by atomic mass is 32.2. The summed E-state index contributed by atoms with van der Waals surface area (Å²) >= 11 is 1.29. The zero-order valence-corrected chi connectivity index (χ0v) is 19.1. The molecule has 4 aromatic rings. The van der Waals surface area contributed by atoms with E-state index in [4.69, 9.17) is 4.74 Å². The van der Waals surface area contributed by atoms with Gasteiger partial charge in [-0.2, -0.15) is 0 Å². The second kappa shape index (κ2) is 10.6. The predicted octanol–water partition coefficient (Wildman–Crippen LogP) is 4.76. The van der Waals surface area contributed by atoms with Gasteiger partial charge in [0, 0.05) is 30.6 Å². The maximum absolute atomic E-state index is 13.2. The van der Waals surface area contributed by atoms with Gasteiger partial charge < -0.3 is 9.30 Å². The maximum atomic E-state index is 13.2. The summed E-state index contributed by atoms with van der Waals surface area (Å²) in [4.78, 5) is 25.2. The average molecular weight is 476 g/mol. The number of nitro benzene ring substituents is 1. The molecule has 9 nitrogen and oxygen atoms in total. The number of nitrogens with zero attached hydrogens (tertiary/aromatic N) is 5. The van der Waals surface area contributed by atoms with E-state index in [0.717, 1.165) is 11.4 Å². The lowest BCUT2D eigenvalue weighted by molar-refractivity contribution is -0.384. The fraction of sp³-hybridized carbons (Fsp3) is 0.125. The van der Waals surface area contributed by atoms with Crippen LogP contribution in [-0.4, -0.2) is 31.3 Å². The van der Waals surface area contributed by atoms with Crippen molar-refractivity contribution in [1.29, 1.82) is 0 Å². The second-order valence-corrected chi connectivity index (χ2v) is 8.13. The maximum Gasteiger partial charge on any atom is 0.269 e. The molecule has 0 saturated heterocycles. The summed E-state index contributed by atoms with van der Waals surface area (Å²) in [6.07, 6.45) is 0. The standard InChI is InChI=1S/C24H21N5O4S/c1-27-22(16-33-21-14-12-20(13-15-21)29(31)32)25-26-24(27)34-17-23(30)28(18-8-4-2-5-9-18)19-10-6-3-7-11-19/h2-15H,16-17H2,1H3. The van der Waals surface area contributed by atoms with Crippen LogP contribution in [0.2, 0.25) is 0 Å². The van der Waals surface area contributed by atoms with Gasteiger partial charge in [0.2, 0.25) is 5.91 Å². The van der Waals surface area contributed by atoms with E-state index in [1.165, 1.54) is 36.0 Å². The van der Waals surface area contributed by atoms with Crippen LogP contribution >= 0.6 is 11.8 Å². The topological polar surface area (TPSA) is 103 Å². The molecular formula is C24H21N5O4S. The number of para-hydroxylation sites is 2. The van der Waals surface area contributed by atoms with Crippen molar-refractivity contribution in [3.05, 3.63) is 101 Å². The minimum absolute atomic E-state index is 0.00517. The van der Waals surface area contributed by atoms with Gasteiger partial charge in [0.1, 0.15) is 12.4 Å². The smallest absolute Gasteiger partial charge is 0.269 e.